The molecule has 0 saturated carbocycles. The summed E-state index contributed by atoms with van der Waals surface area (Å²) in [6.07, 6.45) is 3.34. The molecule has 2 amide bonds. The molecule has 5 rings (SSSR count). The van der Waals surface area contributed by atoms with Crippen LogP contribution in [0, 0.1) is 0 Å². The van der Waals surface area contributed by atoms with Crippen LogP contribution in [0.2, 0.25) is 0 Å². The number of hydrogen-bond acceptors (Lipinski definition) is 6. The maximum Gasteiger partial charge on any atom is 0.287 e. The number of carbonyl (C=O) groups is 3. The monoisotopic (exact) mass is 519 g/mol. The van der Waals surface area contributed by atoms with Crippen molar-refractivity contribution in [3.8, 4) is 22.8 Å². The number of carbonyl (C=O) groups excluding carboxylic acids is 3. The minimum Gasteiger partial charge on any atom is -0.497 e. The van der Waals surface area contributed by atoms with Crippen molar-refractivity contribution in [3.05, 3.63) is 108 Å². The standard InChI is InChI=1S/C30H25N5O4/c1-39-21-13-11-19(12-14-21)18-26(27(36)28(31)37)33-30(38)24-10-5-16-32-29(24)35-17-15-25(34-35)23-9-4-7-20-6-2-3-8-22(20)23/h2-17,26H,18H2,1H3,(H2,31,37)(H,33,38). The number of fused-ring (bicyclic) bond motifs is 1. The van der Waals surface area contributed by atoms with Crippen LogP contribution in [0.3, 0.4) is 0 Å². The van der Waals surface area contributed by atoms with E-state index in [9.17, 15) is 14.4 Å². The maximum absolute atomic E-state index is 13.4. The van der Waals surface area contributed by atoms with Crippen LogP contribution in [0.1, 0.15) is 15.9 Å². The van der Waals surface area contributed by atoms with Gasteiger partial charge in [0.05, 0.1) is 18.4 Å². The summed E-state index contributed by atoms with van der Waals surface area (Å²) < 4.78 is 6.68. The van der Waals surface area contributed by atoms with Crippen LogP contribution in [-0.4, -0.2) is 45.5 Å². The van der Waals surface area contributed by atoms with E-state index in [1.807, 2.05) is 48.5 Å². The molecule has 9 nitrogen and oxygen atoms in total. The highest BCUT2D eigenvalue weighted by atomic mass is 16.5. The van der Waals surface area contributed by atoms with Crippen molar-refractivity contribution in [3.63, 3.8) is 0 Å². The first kappa shape index (κ1) is 25.3. The molecule has 0 spiro atoms. The Hall–Kier alpha value is -5.31. The van der Waals surface area contributed by atoms with Gasteiger partial charge in [-0.15, -0.1) is 0 Å². The summed E-state index contributed by atoms with van der Waals surface area (Å²) in [5.74, 6) is -1.71. The van der Waals surface area contributed by atoms with Gasteiger partial charge in [-0.25, -0.2) is 9.67 Å². The normalized spacial score (nSPS) is 11.6. The number of ketones is 1. The van der Waals surface area contributed by atoms with Crippen LogP contribution in [0.5, 0.6) is 5.75 Å². The molecule has 0 fully saturated rings. The van der Waals surface area contributed by atoms with Gasteiger partial charge in [0.2, 0.25) is 5.78 Å². The summed E-state index contributed by atoms with van der Waals surface area (Å²) in [6, 6.07) is 24.8. The van der Waals surface area contributed by atoms with E-state index in [1.165, 1.54) is 4.68 Å². The SMILES string of the molecule is COc1ccc(CC(NC(=O)c2cccnc2-n2ccc(-c3cccc4ccccc34)n2)C(=O)C(N)=O)cc1. The number of nitrogens with two attached hydrogens (primary N) is 1. The number of ether oxygens (including phenoxy) is 1. The molecule has 3 N–H and O–H groups in total. The number of Topliss-reactive ketones (excluding diaryl/α,β-unsaturated/α-hetero) is 1. The smallest absolute Gasteiger partial charge is 0.287 e. The third-order valence-corrected chi connectivity index (χ3v) is 6.37. The summed E-state index contributed by atoms with van der Waals surface area (Å²) in [7, 11) is 1.55. The number of pyridine rings is 1. The molecule has 0 aliphatic carbocycles. The number of methoxy groups -OCH3 is 1. The molecule has 0 aliphatic heterocycles. The van der Waals surface area contributed by atoms with Gasteiger partial charge in [-0.3, -0.25) is 14.4 Å². The Morgan fingerprint density at radius 3 is 2.49 bits per heavy atom. The van der Waals surface area contributed by atoms with Crippen LogP contribution in [-0.2, 0) is 16.0 Å². The van der Waals surface area contributed by atoms with Crippen LogP contribution in [0.15, 0.2) is 97.3 Å². The van der Waals surface area contributed by atoms with Gasteiger partial charge in [-0.1, -0.05) is 54.6 Å². The van der Waals surface area contributed by atoms with E-state index in [4.69, 9.17) is 15.6 Å². The minimum atomic E-state index is -1.17. The molecule has 2 heterocycles. The van der Waals surface area contributed by atoms with Gasteiger partial charge in [0.1, 0.15) is 11.8 Å². The van der Waals surface area contributed by atoms with Crippen molar-refractivity contribution in [1.29, 1.82) is 0 Å². The lowest BCUT2D eigenvalue weighted by atomic mass is 10.0. The number of hydrogen-bond donors (Lipinski definition) is 2. The molecule has 0 bridgehead atoms. The zero-order chi connectivity index (χ0) is 27.4. The largest absolute Gasteiger partial charge is 0.497 e. The first-order chi connectivity index (χ1) is 18.9. The second kappa shape index (κ2) is 11.0. The Balaban J connectivity index is 1.43. The Morgan fingerprint density at radius 2 is 1.72 bits per heavy atom. The number of nitrogens with zero attached hydrogens (tertiary/aromatic N) is 3. The summed E-state index contributed by atoms with van der Waals surface area (Å²) in [4.78, 5) is 42.1. The fourth-order valence-corrected chi connectivity index (χ4v) is 4.41. The van der Waals surface area contributed by atoms with E-state index in [-0.39, 0.29) is 17.8 Å². The van der Waals surface area contributed by atoms with Crippen molar-refractivity contribution in [2.45, 2.75) is 12.5 Å². The predicted molar refractivity (Wildman–Crippen MR) is 146 cm³/mol. The third-order valence-electron chi connectivity index (χ3n) is 6.37. The summed E-state index contributed by atoms with van der Waals surface area (Å²) >= 11 is 0. The molecule has 0 saturated heterocycles. The molecule has 39 heavy (non-hydrogen) atoms. The average Bonchev–Trinajstić information content (AvgIpc) is 3.46. The number of amides is 2. The second-order valence-corrected chi connectivity index (χ2v) is 8.85. The van der Waals surface area contributed by atoms with Crippen LogP contribution in [0.25, 0.3) is 27.8 Å². The number of primary amides is 1. The highest BCUT2D eigenvalue weighted by Gasteiger charge is 2.27. The van der Waals surface area contributed by atoms with Crippen molar-refractivity contribution in [2.75, 3.05) is 7.11 Å². The highest BCUT2D eigenvalue weighted by Crippen LogP contribution is 2.28. The molecule has 5 aromatic rings. The Morgan fingerprint density at radius 1 is 0.949 bits per heavy atom. The molecular formula is C30H25N5O4. The number of rotatable bonds is 9. The molecule has 0 radical (unpaired) electrons. The van der Waals surface area contributed by atoms with Crippen molar-refractivity contribution in [1.82, 2.24) is 20.1 Å². The van der Waals surface area contributed by atoms with Gasteiger partial charge in [-0.2, -0.15) is 5.10 Å². The van der Waals surface area contributed by atoms with Gasteiger partial charge in [0.15, 0.2) is 5.82 Å². The van der Waals surface area contributed by atoms with E-state index in [2.05, 4.69) is 10.3 Å². The van der Waals surface area contributed by atoms with E-state index in [0.717, 1.165) is 16.3 Å². The first-order valence-corrected chi connectivity index (χ1v) is 12.2. The fourth-order valence-electron chi connectivity index (χ4n) is 4.41. The Bertz CT molecular complexity index is 1670. The summed E-state index contributed by atoms with van der Waals surface area (Å²) in [5, 5.41) is 9.49. The number of benzene rings is 3. The molecule has 194 valence electrons. The van der Waals surface area contributed by atoms with Gasteiger partial charge in [-0.05, 0) is 46.7 Å². The Kier molecular flexibility index (Phi) is 7.13. The van der Waals surface area contributed by atoms with Crippen molar-refractivity contribution in [2.24, 2.45) is 5.73 Å². The topological polar surface area (TPSA) is 129 Å². The van der Waals surface area contributed by atoms with Crippen molar-refractivity contribution >= 4 is 28.4 Å². The second-order valence-electron chi connectivity index (χ2n) is 8.85. The van der Waals surface area contributed by atoms with Crippen LogP contribution >= 0.6 is 0 Å². The average molecular weight is 520 g/mol. The zero-order valence-corrected chi connectivity index (χ0v) is 21.1. The van der Waals surface area contributed by atoms with Gasteiger partial charge in [0, 0.05) is 24.4 Å². The zero-order valence-electron chi connectivity index (χ0n) is 21.1. The maximum atomic E-state index is 13.4. The Labute approximate surface area is 224 Å². The summed E-state index contributed by atoms with van der Waals surface area (Å²) in [6.45, 7) is 0. The van der Waals surface area contributed by atoms with E-state index in [0.29, 0.717) is 17.0 Å². The molecule has 0 aliphatic rings. The summed E-state index contributed by atoms with van der Waals surface area (Å²) in [5.41, 5.74) is 7.84. The molecular weight excluding hydrogens is 494 g/mol. The van der Waals surface area contributed by atoms with E-state index < -0.39 is 23.6 Å². The lowest BCUT2D eigenvalue weighted by Gasteiger charge is -2.17. The number of aromatic nitrogens is 3. The first-order valence-electron chi connectivity index (χ1n) is 12.2. The van der Waals surface area contributed by atoms with Crippen molar-refractivity contribution < 1.29 is 19.1 Å². The minimum absolute atomic E-state index is 0.0695. The quantitative estimate of drug-likeness (QED) is 0.287. The highest BCUT2D eigenvalue weighted by molar-refractivity contribution is 6.38. The molecule has 3 aromatic carbocycles. The van der Waals surface area contributed by atoms with Gasteiger partial charge >= 0.3 is 0 Å². The van der Waals surface area contributed by atoms with E-state index >= 15 is 0 Å². The third kappa shape index (κ3) is 5.37. The molecule has 2 aromatic heterocycles. The van der Waals surface area contributed by atoms with Gasteiger partial charge in [0.25, 0.3) is 11.8 Å². The molecule has 1 unspecified atom stereocenters. The predicted octanol–water partition coefficient (Wildman–Crippen LogP) is 3.49. The van der Waals surface area contributed by atoms with Crippen LogP contribution < -0.4 is 15.8 Å². The molecule has 9 heteroatoms. The lowest BCUT2D eigenvalue weighted by molar-refractivity contribution is -0.137. The van der Waals surface area contributed by atoms with E-state index in [1.54, 1.807) is 55.9 Å². The van der Waals surface area contributed by atoms with Gasteiger partial charge < -0.3 is 15.8 Å². The number of nitrogens with one attached hydrogen (secondary N) is 1. The van der Waals surface area contributed by atoms with Crippen LogP contribution in [0.4, 0.5) is 0 Å². The lowest BCUT2D eigenvalue weighted by Crippen LogP contribution is -2.47. The fraction of sp³-hybridized carbons (Fsp3) is 0.100. The molecule has 1 atom stereocenters.